The third-order valence-electron chi connectivity index (χ3n) is 7.14. The maximum atomic E-state index is 12.4. The molecule has 1 N–H and O–H groups in total. The van der Waals surface area contributed by atoms with Gasteiger partial charge in [0.15, 0.2) is 14.4 Å². The second-order valence-electron chi connectivity index (χ2n) is 10.9. The fourth-order valence-corrected chi connectivity index (χ4v) is 5.47. The Kier molecular flexibility index (Phi) is 10.1. The molecule has 2 fully saturated rings. The van der Waals surface area contributed by atoms with Gasteiger partial charge in [0.25, 0.3) is 0 Å². The third kappa shape index (κ3) is 7.55. The molecular formula is C22H43B2NO7Si. The van der Waals surface area contributed by atoms with Crippen molar-refractivity contribution in [2.75, 3.05) is 13.7 Å². The van der Waals surface area contributed by atoms with Gasteiger partial charge >= 0.3 is 5.97 Å². The maximum absolute atomic E-state index is 12.4. The van der Waals surface area contributed by atoms with Crippen LogP contribution in [0, 0.1) is 0 Å². The van der Waals surface area contributed by atoms with Crippen LogP contribution in [0.15, 0.2) is 0 Å². The van der Waals surface area contributed by atoms with Crippen molar-refractivity contribution >= 4 is 35.9 Å². The summed E-state index contributed by atoms with van der Waals surface area (Å²) in [6.07, 6.45) is 0.323. The van der Waals surface area contributed by atoms with Crippen LogP contribution in [0.2, 0.25) is 18.1 Å². The molecule has 0 saturated carbocycles. The number of rotatable bonds is 10. The molecule has 0 aromatic rings. The van der Waals surface area contributed by atoms with Gasteiger partial charge in [0.2, 0.25) is 5.91 Å². The van der Waals surface area contributed by atoms with E-state index in [1.165, 1.54) is 0 Å². The van der Waals surface area contributed by atoms with E-state index in [0.29, 0.717) is 13.0 Å². The molecule has 188 valence electrons. The molecule has 33 heavy (non-hydrogen) atoms. The number of carbonyl (C=O) groups excluding carboxylic acids is 2. The Balaban J connectivity index is 2.02. The molecule has 2 unspecified atom stereocenters. The van der Waals surface area contributed by atoms with Crippen LogP contribution in [-0.4, -0.2) is 92.1 Å². The average Bonchev–Trinajstić information content (AvgIpc) is 3.21. The van der Waals surface area contributed by atoms with Crippen LogP contribution < -0.4 is 5.32 Å². The number of amides is 1. The molecule has 2 heterocycles. The van der Waals surface area contributed by atoms with Gasteiger partial charge in [-0.25, -0.2) is 0 Å². The van der Waals surface area contributed by atoms with Crippen LogP contribution in [0.3, 0.4) is 0 Å². The molecule has 0 spiro atoms. The Morgan fingerprint density at radius 2 is 1.76 bits per heavy atom. The maximum Gasteiger partial charge on any atom is 0.306 e. The number of esters is 1. The van der Waals surface area contributed by atoms with Crippen molar-refractivity contribution in [3.05, 3.63) is 0 Å². The van der Waals surface area contributed by atoms with E-state index in [1.54, 1.807) is 7.05 Å². The van der Waals surface area contributed by atoms with E-state index < -0.39 is 26.5 Å². The molecule has 7 atom stereocenters. The van der Waals surface area contributed by atoms with Crippen LogP contribution >= 0.6 is 0 Å². The van der Waals surface area contributed by atoms with Crippen molar-refractivity contribution in [3.63, 3.8) is 0 Å². The molecule has 2 rings (SSSR count). The number of carbonyl (C=O) groups is 2. The molecule has 0 aromatic carbocycles. The summed E-state index contributed by atoms with van der Waals surface area (Å²) in [6, 6.07) is -0.113. The second-order valence-corrected chi connectivity index (χ2v) is 15.6. The van der Waals surface area contributed by atoms with E-state index in [2.05, 4.69) is 47.0 Å². The smallest absolute Gasteiger partial charge is 0.306 e. The summed E-state index contributed by atoms with van der Waals surface area (Å²) in [5.74, 6) is -0.610. The average molecular weight is 483 g/mol. The fraction of sp³-hybridized carbons (Fsp3) is 0.909. The normalized spacial score (nSPS) is 32.6. The van der Waals surface area contributed by atoms with Gasteiger partial charge in [-0.05, 0) is 31.0 Å². The minimum Gasteiger partial charge on any atom is -0.457 e. The lowest BCUT2D eigenvalue weighted by Crippen LogP contribution is -2.47. The van der Waals surface area contributed by atoms with Crippen LogP contribution in [0.4, 0.5) is 0 Å². The van der Waals surface area contributed by atoms with Crippen molar-refractivity contribution in [1.29, 1.82) is 0 Å². The topological polar surface area (TPSA) is 92.3 Å². The largest absolute Gasteiger partial charge is 0.457 e. The highest BCUT2D eigenvalue weighted by Crippen LogP contribution is 2.39. The summed E-state index contributed by atoms with van der Waals surface area (Å²) < 4.78 is 30.9. The number of nitrogens with one attached hydrogen (secondary N) is 1. The molecule has 1 amide bonds. The van der Waals surface area contributed by atoms with Gasteiger partial charge in [-0.2, -0.15) is 0 Å². The Morgan fingerprint density at radius 3 is 2.33 bits per heavy atom. The highest BCUT2D eigenvalue weighted by Gasteiger charge is 2.47. The van der Waals surface area contributed by atoms with Crippen molar-refractivity contribution in [2.24, 2.45) is 0 Å². The Bertz CT molecular complexity index is 676. The first-order chi connectivity index (χ1) is 15.3. The van der Waals surface area contributed by atoms with E-state index in [0.717, 1.165) is 6.42 Å². The zero-order chi connectivity index (χ0) is 25.0. The van der Waals surface area contributed by atoms with Crippen LogP contribution in [0.25, 0.3) is 0 Å². The van der Waals surface area contributed by atoms with Crippen LogP contribution in [-0.2, 0) is 33.0 Å². The first-order valence-electron chi connectivity index (χ1n) is 12.3. The molecular weight excluding hydrogens is 440 g/mol. The lowest BCUT2D eigenvalue weighted by atomic mass is 9.92. The van der Waals surface area contributed by atoms with Crippen LogP contribution in [0.1, 0.15) is 53.4 Å². The molecule has 0 radical (unpaired) electrons. The van der Waals surface area contributed by atoms with Crippen molar-refractivity contribution in [1.82, 2.24) is 5.32 Å². The third-order valence-corrected chi connectivity index (χ3v) is 11.6. The fourth-order valence-electron chi connectivity index (χ4n) is 4.11. The summed E-state index contributed by atoms with van der Waals surface area (Å²) in [6.45, 7) is 13.5. The molecule has 2 aliphatic heterocycles. The van der Waals surface area contributed by atoms with Crippen molar-refractivity contribution < 1.29 is 33.0 Å². The van der Waals surface area contributed by atoms with Gasteiger partial charge in [0.05, 0.1) is 31.2 Å². The Hall–Kier alpha value is -0.873. The highest BCUT2D eigenvalue weighted by molar-refractivity contribution is 6.74. The molecule has 8 nitrogen and oxygen atoms in total. The van der Waals surface area contributed by atoms with Gasteiger partial charge < -0.3 is 28.7 Å². The first kappa shape index (κ1) is 28.4. The number of hydrogen-bond acceptors (Lipinski definition) is 7. The van der Waals surface area contributed by atoms with Gasteiger partial charge in [0, 0.05) is 19.5 Å². The number of hydrogen-bond donors (Lipinski definition) is 1. The van der Waals surface area contributed by atoms with Gasteiger partial charge in [-0.15, -0.1) is 0 Å². The summed E-state index contributed by atoms with van der Waals surface area (Å²) in [4.78, 5) is 23.9. The minimum absolute atomic E-state index is 0.0194. The lowest BCUT2D eigenvalue weighted by molar-refractivity contribution is -0.160. The van der Waals surface area contributed by atoms with Gasteiger partial charge in [-0.1, -0.05) is 27.7 Å². The lowest BCUT2D eigenvalue weighted by Gasteiger charge is -2.39. The van der Waals surface area contributed by atoms with Gasteiger partial charge in [-0.3, -0.25) is 9.59 Å². The SMILES string of the molecule is B[C@@H]1O[C@H](CC)C(OC(=O)CCC(=O)NC)[C@@H]1OC[C@H]1O[C@@H](B)CC1O[Si](C)(C)C(C)(C)C. The van der Waals surface area contributed by atoms with E-state index >= 15 is 0 Å². The summed E-state index contributed by atoms with van der Waals surface area (Å²) in [5.41, 5.74) is 0. The monoisotopic (exact) mass is 483 g/mol. The van der Waals surface area contributed by atoms with E-state index in [1.807, 2.05) is 14.8 Å². The van der Waals surface area contributed by atoms with Crippen molar-refractivity contribution in [3.8, 4) is 0 Å². The minimum atomic E-state index is -1.95. The van der Waals surface area contributed by atoms with Crippen LogP contribution in [0.5, 0.6) is 0 Å². The molecule has 0 aromatic heterocycles. The Morgan fingerprint density at radius 1 is 1.09 bits per heavy atom. The summed E-state index contributed by atoms with van der Waals surface area (Å²) in [5, 5.41) is 2.63. The first-order valence-corrected chi connectivity index (χ1v) is 15.2. The standard InChI is InChI=1S/C22H43B2NO7Si/c1-8-13-19(31-18(27)10-9-17(26)25-5)20(21(24)30-13)28-12-15-14(11-16(23)29-15)32-33(6,7)22(2,3)4/h13-16,19-21H,8-12,23-24H2,1-7H3,(H,25,26)/t13-,14?,15-,16-,19?,20+,21-/m1/s1. The summed E-state index contributed by atoms with van der Waals surface area (Å²) >= 11 is 0. The molecule has 0 bridgehead atoms. The van der Waals surface area contributed by atoms with E-state index in [9.17, 15) is 9.59 Å². The molecule has 2 aliphatic rings. The van der Waals surface area contributed by atoms with Crippen molar-refractivity contribution in [2.45, 2.75) is 114 Å². The zero-order valence-electron chi connectivity index (χ0n) is 21.9. The zero-order valence-corrected chi connectivity index (χ0v) is 22.9. The highest BCUT2D eigenvalue weighted by atomic mass is 28.4. The Labute approximate surface area is 202 Å². The van der Waals surface area contributed by atoms with E-state index in [-0.39, 0.29) is 54.1 Å². The summed E-state index contributed by atoms with van der Waals surface area (Å²) in [7, 11) is 3.60. The number of ether oxygens (including phenoxy) is 4. The predicted octanol–water partition coefficient (Wildman–Crippen LogP) is 0.716. The quantitative estimate of drug-likeness (QED) is 0.362. The van der Waals surface area contributed by atoms with Gasteiger partial charge in [0.1, 0.15) is 27.9 Å². The predicted molar refractivity (Wildman–Crippen MR) is 134 cm³/mol. The molecule has 2 saturated heterocycles. The molecule has 0 aliphatic carbocycles. The molecule has 11 heteroatoms. The second kappa shape index (κ2) is 11.7. The van der Waals surface area contributed by atoms with E-state index in [4.69, 9.17) is 23.4 Å².